The van der Waals surface area contributed by atoms with Gasteiger partial charge in [-0.3, -0.25) is 4.79 Å². The summed E-state index contributed by atoms with van der Waals surface area (Å²) < 4.78 is 23.6. The van der Waals surface area contributed by atoms with Crippen LogP contribution >= 0.6 is 0 Å². The molecule has 3 heterocycles. The number of anilines is 1. The van der Waals surface area contributed by atoms with Gasteiger partial charge in [0.25, 0.3) is 0 Å². The number of aromatic nitrogens is 1. The Hall–Kier alpha value is -5.45. The van der Waals surface area contributed by atoms with Crippen molar-refractivity contribution >= 4 is 29.9 Å². The van der Waals surface area contributed by atoms with Crippen molar-refractivity contribution in [2.24, 2.45) is 5.73 Å². The Morgan fingerprint density at radius 2 is 1.53 bits per heavy atom. The van der Waals surface area contributed by atoms with E-state index in [-0.39, 0.29) is 51.3 Å². The first kappa shape index (κ1) is 38.8. The molecule has 0 radical (unpaired) electrons. The van der Waals surface area contributed by atoms with Gasteiger partial charge in [0.1, 0.15) is 30.7 Å². The lowest BCUT2D eigenvalue weighted by molar-refractivity contribution is -0.177. The van der Waals surface area contributed by atoms with Gasteiger partial charge in [0.2, 0.25) is 5.91 Å². The fraction of sp³-hybridized carbons (Fsp3) is 0.432. The highest BCUT2D eigenvalue weighted by atomic mass is 16.6. The summed E-state index contributed by atoms with van der Waals surface area (Å²) in [4.78, 5) is 58.1. The second-order valence-electron chi connectivity index (χ2n) is 12.7. The fourth-order valence-corrected chi connectivity index (χ4v) is 5.78. The largest absolute Gasteiger partial charge is 0.447 e. The van der Waals surface area contributed by atoms with Crippen molar-refractivity contribution in [2.45, 2.75) is 57.4 Å². The molecule has 284 valence electrons. The Labute approximate surface area is 308 Å². The van der Waals surface area contributed by atoms with Crippen molar-refractivity contribution in [1.29, 1.82) is 0 Å². The summed E-state index contributed by atoms with van der Waals surface area (Å²) in [6.45, 7) is 2.80. The van der Waals surface area contributed by atoms with Gasteiger partial charge in [-0.2, -0.15) is 0 Å². The lowest BCUT2D eigenvalue weighted by Gasteiger charge is -2.39. The van der Waals surface area contributed by atoms with Crippen LogP contribution in [0.3, 0.4) is 0 Å². The third-order valence-electron chi connectivity index (χ3n) is 8.87. The Morgan fingerprint density at radius 1 is 0.830 bits per heavy atom. The average molecular weight is 733 g/mol. The Kier molecular flexibility index (Phi) is 14.6. The Morgan fingerprint density at radius 3 is 2.25 bits per heavy atom. The molecule has 5 amide bonds. The molecule has 16 heteroatoms. The van der Waals surface area contributed by atoms with Crippen LogP contribution in [-0.4, -0.2) is 103 Å². The highest BCUT2D eigenvalue weighted by molar-refractivity contribution is 5.77. The van der Waals surface area contributed by atoms with Crippen LogP contribution in [0.15, 0.2) is 72.9 Å². The summed E-state index contributed by atoms with van der Waals surface area (Å²) in [7, 11) is 0. The lowest BCUT2D eigenvalue weighted by Crippen LogP contribution is -2.55. The van der Waals surface area contributed by atoms with Crippen LogP contribution in [0.2, 0.25) is 0 Å². The van der Waals surface area contributed by atoms with Gasteiger partial charge < -0.3 is 56.2 Å². The third kappa shape index (κ3) is 12.3. The maximum Gasteiger partial charge on any atom is 0.410 e. The minimum Gasteiger partial charge on any atom is -0.447 e. The van der Waals surface area contributed by atoms with Crippen LogP contribution in [0.5, 0.6) is 0 Å². The number of hydrogen-bond donors (Lipinski definition) is 5. The number of pyridine rings is 1. The van der Waals surface area contributed by atoms with Crippen LogP contribution in [0.25, 0.3) is 0 Å². The van der Waals surface area contributed by atoms with E-state index in [0.717, 1.165) is 22.3 Å². The number of urea groups is 1. The van der Waals surface area contributed by atoms with E-state index in [1.54, 1.807) is 28.1 Å². The molecule has 2 aromatic carbocycles. The topological polar surface area (TPSA) is 213 Å². The molecule has 2 fully saturated rings. The van der Waals surface area contributed by atoms with Crippen molar-refractivity contribution in [3.05, 3.63) is 95.2 Å². The molecular formula is C37H48N8O8. The number of ether oxygens (including phenoxy) is 4. The number of benzene rings is 2. The van der Waals surface area contributed by atoms with Crippen molar-refractivity contribution in [1.82, 2.24) is 30.7 Å². The van der Waals surface area contributed by atoms with Crippen molar-refractivity contribution in [2.75, 3.05) is 51.7 Å². The van der Waals surface area contributed by atoms with Gasteiger partial charge >= 0.3 is 18.2 Å². The lowest BCUT2D eigenvalue weighted by atomic mass is 10.0. The monoisotopic (exact) mass is 732 g/mol. The van der Waals surface area contributed by atoms with E-state index in [0.29, 0.717) is 51.5 Å². The smallest absolute Gasteiger partial charge is 0.410 e. The number of nitrogen functional groups attached to an aromatic ring is 1. The minimum absolute atomic E-state index is 0.0429. The summed E-state index contributed by atoms with van der Waals surface area (Å²) in [5.41, 5.74) is 14.9. The number of nitrogens with one attached hydrogen (secondary N) is 3. The Bertz CT molecular complexity index is 1620. The number of carbonyl (C=O) groups is 4. The quantitative estimate of drug-likeness (QED) is 0.162. The average Bonchev–Trinajstić information content (AvgIpc) is 3.19. The first-order valence-corrected chi connectivity index (χ1v) is 17.7. The van der Waals surface area contributed by atoms with E-state index in [1.807, 2.05) is 54.6 Å². The van der Waals surface area contributed by atoms with E-state index in [4.69, 9.17) is 30.4 Å². The van der Waals surface area contributed by atoms with Gasteiger partial charge in [-0.25, -0.2) is 19.4 Å². The van der Waals surface area contributed by atoms with E-state index >= 15 is 0 Å². The molecule has 7 N–H and O–H groups in total. The maximum absolute atomic E-state index is 13.4. The van der Waals surface area contributed by atoms with Gasteiger partial charge in [-0.05, 0) is 28.3 Å². The van der Waals surface area contributed by atoms with E-state index in [9.17, 15) is 19.2 Å². The normalized spacial score (nSPS) is 18.5. The van der Waals surface area contributed by atoms with E-state index < -0.39 is 30.5 Å². The Balaban J connectivity index is 1.07. The molecule has 0 bridgehead atoms. The summed E-state index contributed by atoms with van der Waals surface area (Å²) in [6.07, 6.45) is -1.38. The summed E-state index contributed by atoms with van der Waals surface area (Å²) in [5.74, 6) is 0.134. The van der Waals surface area contributed by atoms with Crippen molar-refractivity contribution < 1.29 is 38.1 Å². The zero-order chi connectivity index (χ0) is 37.4. The number of amides is 5. The molecule has 16 nitrogen and oxygen atoms in total. The predicted octanol–water partition coefficient (Wildman–Crippen LogP) is 2.26. The molecule has 1 aromatic heterocycles. The zero-order valence-electron chi connectivity index (χ0n) is 29.6. The second kappa shape index (κ2) is 20.0. The van der Waals surface area contributed by atoms with Gasteiger partial charge in [0, 0.05) is 71.4 Å². The molecule has 0 saturated carbocycles. The highest BCUT2D eigenvalue weighted by Gasteiger charge is 2.40. The van der Waals surface area contributed by atoms with Crippen molar-refractivity contribution in [3.8, 4) is 0 Å². The van der Waals surface area contributed by atoms with Crippen LogP contribution < -0.4 is 27.4 Å². The first-order valence-electron chi connectivity index (χ1n) is 17.7. The minimum atomic E-state index is -0.736. The molecular weight excluding hydrogens is 684 g/mol. The van der Waals surface area contributed by atoms with Crippen LogP contribution in [0.1, 0.15) is 35.1 Å². The molecule has 0 spiro atoms. The standard InChI is InChI=1S/C37H48N8O8/c38-20-26-6-8-27(9-7-26)21-43-35(47)44-15-17-45(18-16-44)37(49)53-30-13-19-50-31(34(30)51-24-28-4-2-1-3-5-28)25-52-36(48)40-14-12-33(46)42-23-29-10-11-32(39)41-22-29/h1-11,22,30-31,34H,12-21,23-25,38H2,(H2,39,41)(H,40,48)(H,42,46)(H,43,47)/t30?,31?,34-/m0/s1. The molecule has 5 rings (SSSR count). The second-order valence-corrected chi connectivity index (χ2v) is 12.7. The fourth-order valence-electron chi connectivity index (χ4n) is 5.78. The van der Waals surface area contributed by atoms with Gasteiger partial charge in [-0.1, -0.05) is 60.7 Å². The predicted molar refractivity (Wildman–Crippen MR) is 194 cm³/mol. The molecule has 2 aliphatic heterocycles. The molecule has 0 aliphatic carbocycles. The third-order valence-corrected chi connectivity index (χ3v) is 8.87. The summed E-state index contributed by atoms with van der Waals surface area (Å²) in [6, 6.07) is 20.5. The first-order chi connectivity index (χ1) is 25.8. The number of alkyl carbamates (subject to hydrolysis) is 1. The molecule has 2 saturated heterocycles. The zero-order valence-corrected chi connectivity index (χ0v) is 29.6. The van der Waals surface area contributed by atoms with Gasteiger partial charge in [0.05, 0.1) is 13.2 Å². The molecule has 2 aliphatic rings. The molecule has 3 atom stereocenters. The number of carbonyl (C=O) groups excluding carboxylic acids is 4. The van der Waals surface area contributed by atoms with Gasteiger partial charge in [-0.15, -0.1) is 0 Å². The number of rotatable bonds is 14. The van der Waals surface area contributed by atoms with E-state index in [1.165, 1.54) is 0 Å². The molecule has 53 heavy (non-hydrogen) atoms. The number of nitrogens with zero attached hydrogens (tertiary/aromatic N) is 3. The summed E-state index contributed by atoms with van der Waals surface area (Å²) in [5, 5.41) is 8.26. The molecule has 3 aromatic rings. The van der Waals surface area contributed by atoms with Crippen molar-refractivity contribution in [3.63, 3.8) is 0 Å². The summed E-state index contributed by atoms with van der Waals surface area (Å²) >= 11 is 0. The number of hydrogen-bond acceptors (Lipinski definition) is 11. The SMILES string of the molecule is NCc1ccc(CNC(=O)N2CCN(C(=O)OC3CCOC(COC(=O)NCCC(=O)NCc4ccc(N)nc4)[C@H]3OCc3ccccc3)CC2)cc1. The maximum atomic E-state index is 13.4. The molecule has 2 unspecified atom stereocenters. The van der Waals surface area contributed by atoms with E-state index in [2.05, 4.69) is 20.9 Å². The van der Waals surface area contributed by atoms with Crippen LogP contribution in [-0.2, 0) is 50.0 Å². The van der Waals surface area contributed by atoms with Gasteiger partial charge in [0.15, 0.2) is 0 Å². The van der Waals surface area contributed by atoms with Crippen LogP contribution in [0, 0.1) is 0 Å². The number of nitrogens with two attached hydrogens (primary N) is 2. The van der Waals surface area contributed by atoms with Crippen LogP contribution in [0.4, 0.5) is 20.2 Å². The highest BCUT2D eigenvalue weighted by Crippen LogP contribution is 2.24. The number of piperazine rings is 1.